The van der Waals surface area contributed by atoms with E-state index in [0.29, 0.717) is 0 Å². The van der Waals surface area contributed by atoms with Crippen LogP contribution in [0.25, 0.3) is 0 Å². The fourth-order valence-corrected chi connectivity index (χ4v) is 1.69. The second-order valence-corrected chi connectivity index (χ2v) is 5.37. The van der Waals surface area contributed by atoms with E-state index in [1.165, 1.54) is 5.56 Å². The molecule has 0 spiro atoms. The average molecular weight is 221 g/mol. The van der Waals surface area contributed by atoms with Crippen molar-refractivity contribution in [3.63, 3.8) is 0 Å². The van der Waals surface area contributed by atoms with Gasteiger partial charge in [0.05, 0.1) is 17.7 Å². The molecule has 16 heavy (non-hydrogen) atoms. The van der Waals surface area contributed by atoms with Crippen LogP contribution in [-0.2, 0) is 4.74 Å². The van der Waals surface area contributed by atoms with E-state index in [4.69, 9.17) is 10.5 Å². The largest absolute Gasteiger partial charge is 0.371 e. The van der Waals surface area contributed by atoms with Gasteiger partial charge in [-0.3, -0.25) is 0 Å². The van der Waals surface area contributed by atoms with E-state index in [1.807, 2.05) is 27.7 Å². The van der Waals surface area contributed by atoms with Crippen LogP contribution < -0.4 is 5.73 Å². The Bertz CT molecular complexity index is 324. The zero-order valence-electron chi connectivity index (χ0n) is 10.9. The van der Waals surface area contributed by atoms with E-state index in [9.17, 15) is 0 Å². The van der Waals surface area contributed by atoms with Gasteiger partial charge in [0.2, 0.25) is 0 Å². The fourth-order valence-electron chi connectivity index (χ4n) is 1.69. The second-order valence-electron chi connectivity index (χ2n) is 5.37. The molecule has 0 aliphatic heterocycles. The summed E-state index contributed by atoms with van der Waals surface area (Å²) in [5, 5.41) is 0. The van der Waals surface area contributed by atoms with E-state index in [0.717, 1.165) is 5.56 Å². The van der Waals surface area contributed by atoms with Crippen molar-refractivity contribution in [3.05, 3.63) is 35.4 Å². The molecule has 0 aliphatic rings. The van der Waals surface area contributed by atoms with Gasteiger partial charge in [-0.2, -0.15) is 0 Å². The van der Waals surface area contributed by atoms with Crippen LogP contribution in [0.5, 0.6) is 0 Å². The van der Waals surface area contributed by atoms with Crippen LogP contribution in [0.1, 0.15) is 44.9 Å². The molecular formula is C14H23NO. The topological polar surface area (TPSA) is 35.2 Å². The van der Waals surface area contributed by atoms with Crippen LogP contribution in [0.15, 0.2) is 24.3 Å². The summed E-state index contributed by atoms with van der Waals surface area (Å²) in [7, 11) is 0. The molecule has 1 aromatic carbocycles. The molecular weight excluding hydrogens is 198 g/mol. The molecule has 0 saturated carbocycles. The molecule has 1 rings (SSSR count). The monoisotopic (exact) mass is 221 g/mol. The second kappa shape index (κ2) is 4.98. The molecule has 90 valence electrons. The third-order valence-electron chi connectivity index (χ3n) is 2.51. The Labute approximate surface area is 98.8 Å². The molecule has 2 nitrogen and oxygen atoms in total. The van der Waals surface area contributed by atoms with Crippen molar-refractivity contribution in [1.82, 2.24) is 0 Å². The van der Waals surface area contributed by atoms with Gasteiger partial charge in [-0.15, -0.1) is 0 Å². The minimum Gasteiger partial charge on any atom is -0.371 e. The SMILES string of the molecule is Cc1ccc(C(N)C(C)OC(C)(C)C)cc1. The zero-order valence-corrected chi connectivity index (χ0v) is 10.9. The fraction of sp³-hybridized carbons (Fsp3) is 0.571. The Morgan fingerprint density at radius 2 is 1.62 bits per heavy atom. The van der Waals surface area contributed by atoms with E-state index in [-0.39, 0.29) is 17.7 Å². The molecule has 0 amide bonds. The van der Waals surface area contributed by atoms with Crippen molar-refractivity contribution in [1.29, 1.82) is 0 Å². The maximum Gasteiger partial charge on any atom is 0.0746 e. The lowest BCUT2D eigenvalue weighted by Crippen LogP contribution is -2.33. The molecule has 0 fully saturated rings. The van der Waals surface area contributed by atoms with Crippen molar-refractivity contribution >= 4 is 0 Å². The molecule has 2 heteroatoms. The maximum absolute atomic E-state index is 6.17. The first-order valence-corrected chi connectivity index (χ1v) is 5.79. The molecule has 0 saturated heterocycles. The third kappa shape index (κ3) is 3.95. The number of nitrogens with two attached hydrogens (primary N) is 1. The van der Waals surface area contributed by atoms with Crippen molar-refractivity contribution in [2.75, 3.05) is 0 Å². The van der Waals surface area contributed by atoms with Crippen LogP contribution >= 0.6 is 0 Å². The molecule has 1 aromatic rings. The average Bonchev–Trinajstić information content (AvgIpc) is 2.15. The highest BCUT2D eigenvalue weighted by atomic mass is 16.5. The third-order valence-corrected chi connectivity index (χ3v) is 2.51. The van der Waals surface area contributed by atoms with Gasteiger partial charge in [0.25, 0.3) is 0 Å². The van der Waals surface area contributed by atoms with E-state index in [1.54, 1.807) is 0 Å². The lowest BCUT2D eigenvalue weighted by atomic mass is 10.0. The summed E-state index contributed by atoms with van der Waals surface area (Å²) in [5.41, 5.74) is 8.40. The number of rotatable bonds is 3. The predicted octanol–water partition coefficient (Wildman–Crippen LogP) is 3.20. The van der Waals surface area contributed by atoms with Gasteiger partial charge in [-0.25, -0.2) is 0 Å². The number of hydrogen-bond acceptors (Lipinski definition) is 2. The van der Waals surface area contributed by atoms with Crippen molar-refractivity contribution in [2.24, 2.45) is 5.73 Å². The Morgan fingerprint density at radius 3 is 2.06 bits per heavy atom. The molecule has 2 atom stereocenters. The summed E-state index contributed by atoms with van der Waals surface area (Å²) < 4.78 is 5.86. The van der Waals surface area contributed by atoms with Crippen LogP contribution in [0.3, 0.4) is 0 Å². The smallest absolute Gasteiger partial charge is 0.0746 e. The summed E-state index contributed by atoms with van der Waals surface area (Å²) in [6.07, 6.45) is 0.0164. The van der Waals surface area contributed by atoms with Crippen LogP contribution in [-0.4, -0.2) is 11.7 Å². The quantitative estimate of drug-likeness (QED) is 0.850. The minimum atomic E-state index is -0.151. The summed E-state index contributed by atoms with van der Waals surface area (Å²) in [5.74, 6) is 0. The van der Waals surface area contributed by atoms with Gasteiger partial charge in [-0.1, -0.05) is 29.8 Å². The molecule has 2 unspecified atom stereocenters. The van der Waals surface area contributed by atoms with Gasteiger partial charge in [0.15, 0.2) is 0 Å². The van der Waals surface area contributed by atoms with E-state index >= 15 is 0 Å². The Balaban J connectivity index is 2.70. The Morgan fingerprint density at radius 1 is 1.12 bits per heavy atom. The summed E-state index contributed by atoms with van der Waals surface area (Å²) in [6, 6.07) is 8.24. The standard InChI is InChI=1S/C14H23NO/c1-10-6-8-12(9-7-10)13(15)11(2)16-14(3,4)5/h6-9,11,13H,15H2,1-5H3. The van der Waals surface area contributed by atoms with Crippen LogP contribution in [0, 0.1) is 6.92 Å². The summed E-state index contributed by atoms with van der Waals surface area (Å²) in [6.45, 7) is 10.2. The van der Waals surface area contributed by atoms with Gasteiger partial charge in [0.1, 0.15) is 0 Å². The van der Waals surface area contributed by atoms with E-state index < -0.39 is 0 Å². The van der Waals surface area contributed by atoms with Gasteiger partial charge >= 0.3 is 0 Å². The molecule has 0 bridgehead atoms. The van der Waals surface area contributed by atoms with Crippen LogP contribution in [0.4, 0.5) is 0 Å². The first kappa shape index (κ1) is 13.2. The van der Waals surface area contributed by atoms with Crippen molar-refractivity contribution in [2.45, 2.75) is 52.4 Å². The highest BCUT2D eigenvalue weighted by Crippen LogP contribution is 2.21. The summed E-state index contributed by atoms with van der Waals surface area (Å²) >= 11 is 0. The highest BCUT2D eigenvalue weighted by Gasteiger charge is 2.21. The summed E-state index contributed by atoms with van der Waals surface area (Å²) in [4.78, 5) is 0. The Hall–Kier alpha value is -0.860. The Kier molecular flexibility index (Phi) is 4.11. The lowest BCUT2D eigenvalue weighted by molar-refractivity contribution is -0.0617. The molecule has 2 N–H and O–H groups in total. The number of hydrogen-bond donors (Lipinski definition) is 1. The number of benzene rings is 1. The van der Waals surface area contributed by atoms with Gasteiger partial charge in [-0.05, 0) is 40.2 Å². The molecule has 0 radical (unpaired) electrons. The van der Waals surface area contributed by atoms with Crippen molar-refractivity contribution < 1.29 is 4.74 Å². The normalized spacial score (nSPS) is 15.9. The van der Waals surface area contributed by atoms with Gasteiger partial charge < -0.3 is 10.5 Å². The predicted molar refractivity (Wildman–Crippen MR) is 68.4 cm³/mol. The molecule has 0 aromatic heterocycles. The van der Waals surface area contributed by atoms with Crippen LogP contribution in [0.2, 0.25) is 0 Å². The first-order valence-electron chi connectivity index (χ1n) is 5.79. The number of aryl methyl sites for hydroxylation is 1. The zero-order chi connectivity index (χ0) is 12.3. The van der Waals surface area contributed by atoms with Gasteiger partial charge in [0, 0.05) is 0 Å². The first-order chi connectivity index (χ1) is 7.29. The van der Waals surface area contributed by atoms with Crippen molar-refractivity contribution in [3.8, 4) is 0 Å². The minimum absolute atomic E-state index is 0.0164. The van der Waals surface area contributed by atoms with E-state index in [2.05, 4.69) is 31.2 Å². The lowest BCUT2D eigenvalue weighted by Gasteiger charge is -2.29. The maximum atomic E-state index is 6.17. The number of ether oxygens (including phenoxy) is 1. The molecule has 0 heterocycles. The highest BCUT2D eigenvalue weighted by molar-refractivity contribution is 5.24. The molecule has 0 aliphatic carbocycles.